The van der Waals surface area contributed by atoms with Gasteiger partial charge in [0.2, 0.25) is 0 Å². The maximum absolute atomic E-state index is 10.2. The summed E-state index contributed by atoms with van der Waals surface area (Å²) in [6, 6.07) is 0.581. The van der Waals surface area contributed by atoms with E-state index in [1.165, 1.54) is 32.1 Å². The smallest absolute Gasteiger partial charge is 0.0765 e. The predicted octanol–water partition coefficient (Wildman–Crippen LogP) is 2.97. The minimum Gasteiger partial charge on any atom is -0.389 e. The van der Waals surface area contributed by atoms with E-state index >= 15 is 0 Å². The van der Waals surface area contributed by atoms with E-state index in [2.05, 4.69) is 19.2 Å². The van der Waals surface area contributed by atoms with Crippen LogP contribution in [0, 0.1) is 11.8 Å². The van der Waals surface area contributed by atoms with Crippen LogP contribution in [-0.2, 0) is 4.74 Å². The fourth-order valence-electron chi connectivity index (χ4n) is 2.98. The Kier molecular flexibility index (Phi) is 7.33. The highest BCUT2D eigenvalue weighted by molar-refractivity contribution is 4.81. The van der Waals surface area contributed by atoms with Gasteiger partial charge in [0.1, 0.15) is 0 Å². The summed E-state index contributed by atoms with van der Waals surface area (Å²) in [7, 11) is 1.68. The van der Waals surface area contributed by atoms with Crippen LogP contribution in [0.15, 0.2) is 0 Å². The van der Waals surface area contributed by atoms with Crippen LogP contribution < -0.4 is 5.32 Å². The average molecular weight is 271 g/mol. The van der Waals surface area contributed by atoms with Crippen LogP contribution in [0.1, 0.15) is 59.3 Å². The van der Waals surface area contributed by atoms with Crippen molar-refractivity contribution in [3.63, 3.8) is 0 Å². The van der Waals surface area contributed by atoms with Crippen LogP contribution in [0.4, 0.5) is 0 Å². The highest BCUT2D eigenvalue weighted by Gasteiger charge is 2.24. The maximum Gasteiger partial charge on any atom is 0.0765 e. The van der Waals surface area contributed by atoms with E-state index in [1.54, 1.807) is 7.11 Å². The Morgan fingerprint density at radius 3 is 2.63 bits per heavy atom. The molecule has 2 N–H and O–H groups in total. The molecule has 0 bridgehead atoms. The monoisotopic (exact) mass is 271 g/mol. The average Bonchev–Trinajstić information content (AvgIpc) is 2.59. The largest absolute Gasteiger partial charge is 0.389 e. The molecule has 0 aromatic carbocycles. The van der Waals surface area contributed by atoms with Crippen molar-refractivity contribution in [3.8, 4) is 0 Å². The quantitative estimate of drug-likeness (QED) is 0.700. The van der Waals surface area contributed by atoms with Crippen molar-refractivity contribution in [1.29, 1.82) is 0 Å². The van der Waals surface area contributed by atoms with Gasteiger partial charge in [-0.25, -0.2) is 0 Å². The van der Waals surface area contributed by atoms with E-state index in [0.717, 1.165) is 11.8 Å². The van der Waals surface area contributed by atoms with Crippen LogP contribution in [-0.4, -0.2) is 37.0 Å². The van der Waals surface area contributed by atoms with Crippen molar-refractivity contribution in [2.75, 3.05) is 20.3 Å². The van der Waals surface area contributed by atoms with E-state index in [9.17, 15) is 5.11 Å². The highest BCUT2D eigenvalue weighted by Crippen LogP contribution is 2.28. The second-order valence-corrected chi connectivity index (χ2v) is 6.83. The lowest BCUT2D eigenvalue weighted by molar-refractivity contribution is 0.0223. The molecule has 0 radical (unpaired) electrons. The molecule has 1 saturated carbocycles. The van der Waals surface area contributed by atoms with E-state index in [1.807, 2.05) is 6.92 Å². The summed E-state index contributed by atoms with van der Waals surface area (Å²) in [5.74, 6) is 1.70. The van der Waals surface area contributed by atoms with Gasteiger partial charge in [-0.05, 0) is 38.0 Å². The topological polar surface area (TPSA) is 41.5 Å². The standard InChI is InChI=1S/C16H33NO2/c1-13(2)14-6-5-7-15(9-8-14)17-12-16(3,18)10-11-19-4/h13-15,17-18H,5-12H2,1-4H3. The van der Waals surface area contributed by atoms with Crippen LogP contribution >= 0.6 is 0 Å². The Bertz CT molecular complexity index is 241. The Hall–Kier alpha value is -0.120. The zero-order valence-corrected chi connectivity index (χ0v) is 13.2. The van der Waals surface area contributed by atoms with E-state index in [0.29, 0.717) is 25.6 Å². The fourth-order valence-corrected chi connectivity index (χ4v) is 2.98. The molecule has 3 heteroatoms. The summed E-state index contributed by atoms with van der Waals surface area (Å²) >= 11 is 0. The first-order chi connectivity index (χ1) is 8.94. The van der Waals surface area contributed by atoms with Gasteiger partial charge in [0, 0.05) is 32.7 Å². The molecule has 1 rings (SSSR count). The molecule has 19 heavy (non-hydrogen) atoms. The lowest BCUT2D eigenvalue weighted by Gasteiger charge is -2.27. The summed E-state index contributed by atoms with van der Waals surface area (Å²) in [5, 5.41) is 13.8. The van der Waals surface area contributed by atoms with Crippen molar-refractivity contribution in [1.82, 2.24) is 5.32 Å². The summed E-state index contributed by atoms with van der Waals surface area (Å²) in [6.07, 6.45) is 7.22. The van der Waals surface area contributed by atoms with Crippen LogP contribution in [0.2, 0.25) is 0 Å². The van der Waals surface area contributed by atoms with E-state index < -0.39 is 5.60 Å². The third kappa shape index (κ3) is 6.73. The molecule has 0 amide bonds. The minimum atomic E-state index is -0.653. The van der Waals surface area contributed by atoms with Gasteiger partial charge in [0.25, 0.3) is 0 Å². The van der Waals surface area contributed by atoms with E-state index in [-0.39, 0.29) is 0 Å². The zero-order chi connectivity index (χ0) is 14.3. The molecular formula is C16H33NO2. The molecular weight excluding hydrogens is 238 g/mol. The molecule has 114 valence electrons. The summed E-state index contributed by atoms with van der Waals surface area (Å²) < 4.78 is 5.04. The number of hydrogen-bond donors (Lipinski definition) is 2. The Labute approximate surface area is 119 Å². The third-order valence-corrected chi connectivity index (χ3v) is 4.57. The zero-order valence-electron chi connectivity index (χ0n) is 13.2. The number of ether oxygens (including phenoxy) is 1. The molecule has 0 aliphatic heterocycles. The van der Waals surface area contributed by atoms with Gasteiger partial charge in [-0.15, -0.1) is 0 Å². The number of rotatable bonds is 7. The summed E-state index contributed by atoms with van der Waals surface area (Å²) in [5.41, 5.74) is -0.653. The lowest BCUT2D eigenvalue weighted by Crippen LogP contribution is -2.43. The SMILES string of the molecule is COCCC(C)(O)CNC1CCCC(C(C)C)CC1. The second-order valence-electron chi connectivity index (χ2n) is 6.83. The summed E-state index contributed by atoms with van der Waals surface area (Å²) in [6.45, 7) is 7.87. The first-order valence-corrected chi connectivity index (χ1v) is 7.89. The van der Waals surface area contributed by atoms with E-state index in [4.69, 9.17) is 4.74 Å². The van der Waals surface area contributed by atoms with Gasteiger partial charge in [0.15, 0.2) is 0 Å². The molecule has 1 aliphatic carbocycles. The first kappa shape index (κ1) is 16.9. The number of aliphatic hydroxyl groups is 1. The predicted molar refractivity (Wildman–Crippen MR) is 80.3 cm³/mol. The Morgan fingerprint density at radius 1 is 1.26 bits per heavy atom. The van der Waals surface area contributed by atoms with Gasteiger partial charge in [-0.1, -0.05) is 26.7 Å². The molecule has 0 heterocycles. The third-order valence-electron chi connectivity index (χ3n) is 4.57. The van der Waals surface area contributed by atoms with Crippen molar-refractivity contribution in [3.05, 3.63) is 0 Å². The molecule has 0 aromatic rings. The minimum absolute atomic E-state index is 0.581. The van der Waals surface area contributed by atoms with Crippen molar-refractivity contribution < 1.29 is 9.84 Å². The summed E-state index contributed by atoms with van der Waals surface area (Å²) in [4.78, 5) is 0. The Morgan fingerprint density at radius 2 is 2.00 bits per heavy atom. The highest BCUT2D eigenvalue weighted by atomic mass is 16.5. The molecule has 1 fully saturated rings. The van der Waals surface area contributed by atoms with Gasteiger partial charge in [-0.3, -0.25) is 0 Å². The van der Waals surface area contributed by atoms with Gasteiger partial charge in [0.05, 0.1) is 5.60 Å². The van der Waals surface area contributed by atoms with Gasteiger partial charge < -0.3 is 15.2 Å². The van der Waals surface area contributed by atoms with Gasteiger partial charge in [-0.2, -0.15) is 0 Å². The van der Waals surface area contributed by atoms with Gasteiger partial charge >= 0.3 is 0 Å². The number of hydrogen-bond acceptors (Lipinski definition) is 3. The van der Waals surface area contributed by atoms with Crippen LogP contribution in [0.25, 0.3) is 0 Å². The van der Waals surface area contributed by atoms with Crippen molar-refractivity contribution in [2.24, 2.45) is 11.8 Å². The number of nitrogens with one attached hydrogen (secondary N) is 1. The second kappa shape index (κ2) is 8.23. The maximum atomic E-state index is 10.2. The molecule has 3 nitrogen and oxygen atoms in total. The normalized spacial score (nSPS) is 28.1. The molecule has 3 atom stereocenters. The molecule has 3 unspecified atom stereocenters. The number of methoxy groups -OCH3 is 1. The Balaban J connectivity index is 2.29. The molecule has 0 saturated heterocycles. The molecule has 1 aliphatic rings. The van der Waals surface area contributed by atoms with Crippen LogP contribution in [0.5, 0.6) is 0 Å². The van der Waals surface area contributed by atoms with Crippen molar-refractivity contribution >= 4 is 0 Å². The van der Waals surface area contributed by atoms with Crippen LogP contribution in [0.3, 0.4) is 0 Å². The molecule has 0 aromatic heterocycles. The molecule has 0 spiro atoms. The fraction of sp³-hybridized carbons (Fsp3) is 1.00. The lowest BCUT2D eigenvalue weighted by atomic mass is 9.89. The first-order valence-electron chi connectivity index (χ1n) is 7.89. The van der Waals surface area contributed by atoms with Crippen molar-refractivity contribution in [2.45, 2.75) is 70.9 Å².